The number of benzene rings is 3. The van der Waals surface area contributed by atoms with E-state index in [9.17, 15) is 14.0 Å². The minimum absolute atomic E-state index is 0.0832. The Morgan fingerprint density at radius 3 is 2.44 bits per heavy atom. The number of halogens is 1. The van der Waals surface area contributed by atoms with Gasteiger partial charge in [0.15, 0.2) is 0 Å². The van der Waals surface area contributed by atoms with Crippen LogP contribution in [0, 0.1) is 18.2 Å². The van der Waals surface area contributed by atoms with E-state index in [1.807, 2.05) is 21.1 Å². The summed E-state index contributed by atoms with van der Waals surface area (Å²) < 4.78 is 20.2. The van der Waals surface area contributed by atoms with Gasteiger partial charge < -0.3 is 20.0 Å². The lowest BCUT2D eigenvalue weighted by atomic mass is 10.1. The summed E-state index contributed by atoms with van der Waals surface area (Å²) in [5, 5.41) is 8.62. The lowest BCUT2D eigenvalue weighted by Gasteiger charge is -2.22. The molecule has 0 saturated heterocycles. The highest BCUT2D eigenvalue weighted by molar-refractivity contribution is 6.23. The van der Waals surface area contributed by atoms with Crippen LogP contribution in [0.4, 0.5) is 20.6 Å². The number of rotatable bonds is 10. The summed E-state index contributed by atoms with van der Waals surface area (Å²) in [7, 11) is 7.35. The van der Waals surface area contributed by atoms with Gasteiger partial charge in [0.25, 0.3) is 5.91 Å². The predicted octanol–water partition coefficient (Wildman–Crippen LogP) is 4.91. The number of hydrogen-bond acceptors (Lipinski definition) is 6. The van der Waals surface area contributed by atoms with Gasteiger partial charge in [-0.05, 0) is 87.2 Å². The van der Waals surface area contributed by atoms with Crippen LogP contribution in [0.5, 0.6) is 5.75 Å². The van der Waals surface area contributed by atoms with E-state index in [2.05, 4.69) is 21.2 Å². The molecule has 0 atom stereocenters. The van der Waals surface area contributed by atoms with Gasteiger partial charge in [-0.3, -0.25) is 4.79 Å². The number of carbonyl (C=O) groups is 2. The number of urea groups is 1. The van der Waals surface area contributed by atoms with Gasteiger partial charge in [0.1, 0.15) is 11.6 Å². The van der Waals surface area contributed by atoms with E-state index >= 15 is 0 Å². The second-order valence-corrected chi connectivity index (χ2v) is 9.02. The minimum atomic E-state index is -0.836. The largest absolute Gasteiger partial charge is 0.497 e. The highest BCUT2D eigenvalue weighted by atomic mass is 19.1. The molecule has 0 aliphatic carbocycles. The van der Waals surface area contributed by atoms with Crippen LogP contribution in [0.25, 0.3) is 0 Å². The summed E-state index contributed by atoms with van der Waals surface area (Å²) in [6, 6.07) is 16.2. The average Bonchev–Trinajstić information content (AvgIpc) is 2.93. The van der Waals surface area contributed by atoms with Crippen LogP contribution >= 0.6 is 0 Å². The molecule has 0 heterocycles. The van der Waals surface area contributed by atoms with Crippen molar-refractivity contribution in [1.82, 2.24) is 9.91 Å². The van der Waals surface area contributed by atoms with Gasteiger partial charge in [0.2, 0.25) is 0 Å². The zero-order valence-corrected chi connectivity index (χ0v) is 22.5. The first-order valence-electron chi connectivity index (χ1n) is 12.3. The van der Waals surface area contributed by atoms with E-state index in [-0.39, 0.29) is 16.9 Å². The molecule has 3 amide bonds. The Labute approximate surface area is 228 Å². The van der Waals surface area contributed by atoms with Crippen LogP contribution < -0.4 is 15.0 Å². The number of methoxy groups -OCH3 is 1. The molecule has 8 nitrogen and oxygen atoms in total. The van der Waals surface area contributed by atoms with Crippen molar-refractivity contribution in [3.8, 4) is 18.1 Å². The summed E-state index contributed by atoms with van der Waals surface area (Å²) in [6.07, 6.45) is 7.93. The molecule has 202 valence electrons. The van der Waals surface area contributed by atoms with Crippen LogP contribution in [-0.2, 0) is 0 Å². The van der Waals surface area contributed by atoms with Gasteiger partial charge >= 0.3 is 6.03 Å². The maximum atomic E-state index is 15.0. The number of hydrazone groups is 1. The van der Waals surface area contributed by atoms with E-state index in [4.69, 9.17) is 11.2 Å². The Hall–Kier alpha value is -4.68. The molecule has 39 heavy (non-hydrogen) atoms. The lowest BCUT2D eigenvalue weighted by Crippen LogP contribution is -2.40. The smallest absolute Gasteiger partial charge is 0.333 e. The molecule has 3 aromatic carbocycles. The Kier molecular flexibility index (Phi) is 10.2. The number of nitrogens with one attached hydrogen (secondary N) is 1. The molecule has 0 aliphatic rings. The fourth-order valence-electron chi connectivity index (χ4n) is 3.64. The zero-order chi connectivity index (χ0) is 28.4. The van der Waals surface area contributed by atoms with E-state index in [1.165, 1.54) is 25.3 Å². The van der Waals surface area contributed by atoms with E-state index in [1.54, 1.807) is 59.8 Å². The molecule has 0 spiro atoms. The van der Waals surface area contributed by atoms with Gasteiger partial charge in [-0.1, -0.05) is 18.1 Å². The quantitative estimate of drug-likeness (QED) is 0.229. The fraction of sp³-hybridized carbons (Fsp3) is 0.233. The molecule has 3 rings (SSSR count). The number of terminal acetylenes is 1. The second-order valence-electron chi connectivity index (χ2n) is 9.02. The maximum Gasteiger partial charge on any atom is 0.333 e. The summed E-state index contributed by atoms with van der Waals surface area (Å²) in [6.45, 7) is 1.69. The molecular formula is C30H32FN5O3. The van der Waals surface area contributed by atoms with Gasteiger partial charge in [0, 0.05) is 24.7 Å². The van der Waals surface area contributed by atoms with Crippen molar-refractivity contribution < 1.29 is 18.7 Å². The SMILES string of the molecule is C#Cc1ccc(N(C(=O)Nc2ccc(C=NN(C)CCCN(C)C)cc2F)C(=O)c2cccc(OC)c2)cc1. The topological polar surface area (TPSA) is 77.5 Å². The molecular weight excluding hydrogens is 497 g/mol. The van der Waals surface area contributed by atoms with Gasteiger partial charge in [0.05, 0.1) is 24.7 Å². The Bertz CT molecular complexity index is 1370. The molecule has 0 aliphatic heterocycles. The van der Waals surface area contributed by atoms with Crippen molar-refractivity contribution in [1.29, 1.82) is 0 Å². The van der Waals surface area contributed by atoms with Crippen LogP contribution in [-0.4, -0.2) is 69.4 Å². The highest BCUT2D eigenvalue weighted by Crippen LogP contribution is 2.23. The number of amides is 3. The van der Waals surface area contributed by atoms with Crippen molar-refractivity contribution >= 4 is 29.5 Å². The molecule has 0 radical (unpaired) electrons. The highest BCUT2D eigenvalue weighted by Gasteiger charge is 2.26. The standard InChI is InChI=1S/C30H32FN5O3/c1-6-22-11-14-25(15-12-22)36(29(37)24-9-7-10-26(20-24)39-5)30(38)33-28-16-13-23(19-27(28)31)21-32-35(4)18-8-17-34(2)3/h1,7,9-16,19-21H,8,17-18H2,2-5H3,(H,33,38). The number of hydrogen-bond donors (Lipinski definition) is 1. The van der Waals surface area contributed by atoms with Crippen LogP contribution in [0.3, 0.4) is 0 Å². The first kappa shape index (κ1) is 28.9. The average molecular weight is 530 g/mol. The summed E-state index contributed by atoms with van der Waals surface area (Å²) in [4.78, 5) is 29.8. The van der Waals surface area contributed by atoms with Crippen molar-refractivity contribution in [3.63, 3.8) is 0 Å². The third-order valence-electron chi connectivity index (χ3n) is 5.74. The molecule has 0 fully saturated rings. The van der Waals surface area contributed by atoms with Crippen molar-refractivity contribution in [2.24, 2.45) is 5.10 Å². The van der Waals surface area contributed by atoms with Crippen LogP contribution in [0.1, 0.15) is 27.9 Å². The van der Waals surface area contributed by atoms with Crippen LogP contribution in [0.2, 0.25) is 0 Å². The Morgan fingerprint density at radius 2 is 1.79 bits per heavy atom. The monoisotopic (exact) mass is 529 g/mol. The summed E-state index contributed by atoms with van der Waals surface area (Å²) in [5.74, 6) is 1.66. The second kappa shape index (κ2) is 13.7. The lowest BCUT2D eigenvalue weighted by molar-refractivity contribution is 0.0995. The molecule has 0 bridgehead atoms. The molecule has 3 aromatic rings. The Morgan fingerprint density at radius 1 is 1.05 bits per heavy atom. The third kappa shape index (κ3) is 8.15. The van der Waals surface area contributed by atoms with E-state index < -0.39 is 17.8 Å². The molecule has 9 heteroatoms. The number of carbonyl (C=O) groups excluding carboxylic acids is 2. The third-order valence-corrected chi connectivity index (χ3v) is 5.74. The predicted molar refractivity (Wildman–Crippen MR) is 153 cm³/mol. The first-order chi connectivity index (χ1) is 18.7. The van der Waals surface area contributed by atoms with Crippen LogP contribution in [0.15, 0.2) is 71.8 Å². The Balaban J connectivity index is 1.81. The van der Waals surface area contributed by atoms with Gasteiger partial charge in [-0.25, -0.2) is 14.1 Å². The number of nitrogens with zero attached hydrogens (tertiary/aromatic N) is 4. The van der Waals surface area contributed by atoms with Gasteiger partial charge in [-0.2, -0.15) is 5.10 Å². The zero-order valence-electron chi connectivity index (χ0n) is 22.5. The fourth-order valence-corrected chi connectivity index (χ4v) is 3.64. The summed E-state index contributed by atoms with van der Waals surface area (Å²) >= 11 is 0. The van der Waals surface area contributed by atoms with E-state index in [0.717, 1.165) is 24.4 Å². The molecule has 1 N–H and O–H groups in total. The number of anilines is 2. The maximum absolute atomic E-state index is 15.0. The van der Waals surface area contributed by atoms with E-state index in [0.29, 0.717) is 16.9 Å². The van der Waals surface area contributed by atoms with Crippen molar-refractivity contribution in [3.05, 3.63) is 89.2 Å². The normalized spacial score (nSPS) is 10.8. The summed E-state index contributed by atoms with van der Waals surface area (Å²) in [5.41, 5.74) is 1.51. The molecule has 0 saturated carbocycles. The first-order valence-corrected chi connectivity index (χ1v) is 12.3. The van der Waals surface area contributed by atoms with Crippen molar-refractivity contribution in [2.45, 2.75) is 6.42 Å². The number of imide groups is 1. The molecule has 0 aromatic heterocycles. The van der Waals surface area contributed by atoms with Crippen molar-refractivity contribution in [2.75, 3.05) is 51.6 Å². The molecule has 0 unspecified atom stereocenters. The van der Waals surface area contributed by atoms with Gasteiger partial charge in [-0.15, -0.1) is 6.42 Å². The minimum Gasteiger partial charge on any atom is -0.497 e. The number of ether oxygens (including phenoxy) is 1.